The zero-order valence-electron chi connectivity index (χ0n) is 8.62. The van der Waals surface area contributed by atoms with Gasteiger partial charge in [0.1, 0.15) is 6.10 Å². The minimum Gasteiger partial charge on any atom is -0.445 e. The number of hydrogen-bond donors (Lipinski definition) is 1. The van der Waals surface area contributed by atoms with Crippen molar-refractivity contribution in [2.75, 3.05) is 7.11 Å². The van der Waals surface area contributed by atoms with E-state index in [0.717, 1.165) is 18.0 Å². The summed E-state index contributed by atoms with van der Waals surface area (Å²) in [5.41, 5.74) is 0.964. The molecule has 1 saturated carbocycles. The molecule has 0 bridgehead atoms. The molecule has 0 radical (unpaired) electrons. The Morgan fingerprint density at radius 3 is 3.14 bits per heavy atom. The van der Waals surface area contributed by atoms with Crippen LogP contribution in [0.2, 0.25) is 0 Å². The third-order valence-electron chi connectivity index (χ3n) is 2.53. The van der Waals surface area contributed by atoms with Crippen molar-refractivity contribution in [3.05, 3.63) is 17.8 Å². The maximum Gasteiger partial charge on any atom is 0.181 e. The predicted octanol–water partition coefficient (Wildman–Crippen LogP) is 1.63. The van der Waals surface area contributed by atoms with Crippen molar-refractivity contribution in [3.63, 3.8) is 0 Å². The lowest BCUT2D eigenvalue weighted by Gasteiger charge is -2.07. The number of hydrogen-bond acceptors (Lipinski definition) is 4. The van der Waals surface area contributed by atoms with Gasteiger partial charge in [0.2, 0.25) is 0 Å². The van der Waals surface area contributed by atoms with Gasteiger partial charge in [0.05, 0.1) is 5.69 Å². The third-order valence-corrected chi connectivity index (χ3v) is 2.53. The summed E-state index contributed by atoms with van der Waals surface area (Å²) in [5.74, 6) is 0.834. The van der Waals surface area contributed by atoms with Gasteiger partial charge in [-0.1, -0.05) is 0 Å². The molecule has 1 N–H and O–H groups in total. The maximum atomic E-state index is 5.29. The summed E-state index contributed by atoms with van der Waals surface area (Å²) < 4.78 is 10.5. The second-order valence-corrected chi connectivity index (χ2v) is 3.70. The van der Waals surface area contributed by atoms with E-state index in [1.165, 1.54) is 19.2 Å². The average Bonchev–Trinajstić information content (AvgIpc) is 2.92. The fraction of sp³-hybridized carbons (Fsp3) is 0.700. The van der Waals surface area contributed by atoms with Crippen molar-refractivity contribution in [2.45, 2.75) is 38.5 Å². The van der Waals surface area contributed by atoms with Crippen LogP contribution in [0.1, 0.15) is 37.3 Å². The van der Waals surface area contributed by atoms with E-state index in [4.69, 9.17) is 9.15 Å². The molecule has 0 aliphatic heterocycles. The van der Waals surface area contributed by atoms with Crippen LogP contribution in [0.15, 0.2) is 10.8 Å². The molecule has 1 fully saturated rings. The number of nitrogens with one attached hydrogen (secondary N) is 1. The predicted molar refractivity (Wildman–Crippen MR) is 51.8 cm³/mol. The Balaban J connectivity index is 1.96. The normalized spacial score (nSPS) is 18.4. The molecule has 0 amide bonds. The van der Waals surface area contributed by atoms with Gasteiger partial charge in [-0.05, 0) is 19.8 Å². The van der Waals surface area contributed by atoms with Crippen LogP contribution >= 0.6 is 0 Å². The molecular formula is C10H16N2O2. The SMILES string of the molecule is COC(C)c1ocnc1CNC1CC1. The molecule has 0 spiro atoms. The van der Waals surface area contributed by atoms with Gasteiger partial charge >= 0.3 is 0 Å². The number of ether oxygens (including phenoxy) is 1. The summed E-state index contributed by atoms with van der Waals surface area (Å²) in [5, 5.41) is 3.40. The van der Waals surface area contributed by atoms with Crippen molar-refractivity contribution in [3.8, 4) is 0 Å². The Hall–Kier alpha value is -0.870. The first kappa shape index (κ1) is 9.68. The van der Waals surface area contributed by atoms with Crippen LogP contribution < -0.4 is 5.32 Å². The Morgan fingerprint density at radius 2 is 2.50 bits per heavy atom. The zero-order valence-corrected chi connectivity index (χ0v) is 8.62. The van der Waals surface area contributed by atoms with Crippen LogP contribution in [-0.4, -0.2) is 18.1 Å². The minimum absolute atomic E-state index is 0.0199. The number of oxazole rings is 1. The fourth-order valence-corrected chi connectivity index (χ4v) is 1.38. The van der Waals surface area contributed by atoms with Crippen molar-refractivity contribution < 1.29 is 9.15 Å². The van der Waals surface area contributed by atoms with E-state index in [1.54, 1.807) is 7.11 Å². The quantitative estimate of drug-likeness (QED) is 0.777. The standard InChI is InChI=1S/C10H16N2O2/c1-7(13-2)10-9(12-6-14-10)5-11-8-3-4-8/h6-8,11H,3-5H2,1-2H3. The molecule has 1 aliphatic carbocycles. The lowest BCUT2D eigenvalue weighted by atomic mass is 10.2. The Labute approximate surface area is 83.7 Å². The van der Waals surface area contributed by atoms with Crippen LogP contribution in [0.4, 0.5) is 0 Å². The van der Waals surface area contributed by atoms with Crippen LogP contribution in [0.3, 0.4) is 0 Å². The van der Waals surface area contributed by atoms with Crippen LogP contribution in [-0.2, 0) is 11.3 Å². The average molecular weight is 196 g/mol. The van der Waals surface area contributed by atoms with Gasteiger partial charge in [-0.2, -0.15) is 0 Å². The molecule has 0 saturated heterocycles. The monoisotopic (exact) mass is 196 g/mol. The van der Waals surface area contributed by atoms with E-state index in [2.05, 4.69) is 10.3 Å². The first-order valence-corrected chi connectivity index (χ1v) is 4.99. The van der Waals surface area contributed by atoms with Crippen molar-refractivity contribution in [1.82, 2.24) is 10.3 Å². The second kappa shape index (κ2) is 4.11. The highest BCUT2D eigenvalue weighted by molar-refractivity contribution is 5.10. The highest BCUT2D eigenvalue weighted by Crippen LogP contribution is 2.22. The molecule has 4 nitrogen and oxygen atoms in total. The molecule has 14 heavy (non-hydrogen) atoms. The molecule has 1 unspecified atom stereocenters. The maximum absolute atomic E-state index is 5.29. The molecule has 1 heterocycles. The molecule has 78 valence electrons. The van der Waals surface area contributed by atoms with Gasteiger partial charge in [0, 0.05) is 19.7 Å². The van der Waals surface area contributed by atoms with Crippen LogP contribution in [0.5, 0.6) is 0 Å². The Kier molecular flexibility index (Phi) is 2.84. The molecule has 2 rings (SSSR count). The van der Waals surface area contributed by atoms with Gasteiger partial charge in [-0.3, -0.25) is 0 Å². The van der Waals surface area contributed by atoms with Crippen LogP contribution in [0, 0.1) is 0 Å². The molecule has 0 aromatic carbocycles. The largest absolute Gasteiger partial charge is 0.445 e. The van der Waals surface area contributed by atoms with Gasteiger partial charge in [0.25, 0.3) is 0 Å². The van der Waals surface area contributed by atoms with Crippen molar-refractivity contribution >= 4 is 0 Å². The van der Waals surface area contributed by atoms with Gasteiger partial charge < -0.3 is 14.5 Å². The van der Waals surface area contributed by atoms with Crippen molar-refractivity contribution in [2.24, 2.45) is 0 Å². The van der Waals surface area contributed by atoms with E-state index in [0.29, 0.717) is 6.04 Å². The van der Waals surface area contributed by atoms with E-state index >= 15 is 0 Å². The highest BCUT2D eigenvalue weighted by atomic mass is 16.5. The van der Waals surface area contributed by atoms with E-state index < -0.39 is 0 Å². The fourth-order valence-electron chi connectivity index (χ4n) is 1.38. The minimum atomic E-state index is -0.0199. The summed E-state index contributed by atoms with van der Waals surface area (Å²) in [6.45, 7) is 2.74. The highest BCUT2D eigenvalue weighted by Gasteiger charge is 2.22. The molecule has 4 heteroatoms. The summed E-state index contributed by atoms with van der Waals surface area (Å²) in [6.07, 6.45) is 4.03. The summed E-state index contributed by atoms with van der Waals surface area (Å²) in [7, 11) is 1.67. The molecule has 1 atom stereocenters. The molecular weight excluding hydrogens is 180 g/mol. The number of nitrogens with zero attached hydrogens (tertiary/aromatic N) is 1. The van der Waals surface area contributed by atoms with Gasteiger partial charge in [-0.25, -0.2) is 4.98 Å². The lowest BCUT2D eigenvalue weighted by molar-refractivity contribution is 0.0983. The Morgan fingerprint density at radius 1 is 1.71 bits per heavy atom. The Bertz CT molecular complexity index is 294. The number of rotatable bonds is 5. The summed E-state index contributed by atoms with van der Waals surface area (Å²) in [6, 6.07) is 0.692. The summed E-state index contributed by atoms with van der Waals surface area (Å²) >= 11 is 0. The molecule has 1 aromatic heterocycles. The van der Waals surface area contributed by atoms with E-state index in [-0.39, 0.29) is 6.10 Å². The molecule has 1 aliphatic rings. The zero-order chi connectivity index (χ0) is 9.97. The third kappa shape index (κ3) is 2.13. The topological polar surface area (TPSA) is 47.3 Å². The second-order valence-electron chi connectivity index (χ2n) is 3.70. The molecule has 1 aromatic rings. The van der Waals surface area contributed by atoms with Crippen LogP contribution in [0.25, 0.3) is 0 Å². The van der Waals surface area contributed by atoms with Gasteiger partial charge in [0.15, 0.2) is 12.2 Å². The van der Waals surface area contributed by atoms with Crippen molar-refractivity contribution in [1.29, 1.82) is 0 Å². The number of methoxy groups -OCH3 is 1. The van der Waals surface area contributed by atoms with E-state index in [1.807, 2.05) is 6.92 Å². The smallest absolute Gasteiger partial charge is 0.181 e. The first-order chi connectivity index (χ1) is 6.81. The first-order valence-electron chi connectivity index (χ1n) is 4.99. The lowest BCUT2D eigenvalue weighted by Crippen LogP contribution is -2.17. The van der Waals surface area contributed by atoms with E-state index in [9.17, 15) is 0 Å². The van der Waals surface area contributed by atoms with Gasteiger partial charge in [-0.15, -0.1) is 0 Å². The summed E-state index contributed by atoms with van der Waals surface area (Å²) in [4.78, 5) is 4.18. The number of aromatic nitrogens is 1.